The van der Waals surface area contributed by atoms with Crippen LogP contribution < -0.4 is 10.2 Å². The Morgan fingerprint density at radius 3 is 2.57 bits per heavy atom. The maximum Gasteiger partial charge on any atom is 0.224 e. The number of nitrogens with zero attached hydrogens (tertiary/aromatic N) is 2. The number of benzene rings is 1. The summed E-state index contributed by atoms with van der Waals surface area (Å²) in [7, 11) is 2.16. The quantitative estimate of drug-likeness (QED) is 0.905. The normalized spacial score (nSPS) is 20.0. The van der Waals surface area contributed by atoms with Gasteiger partial charge in [0.15, 0.2) is 0 Å². The van der Waals surface area contributed by atoms with Gasteiger partial charge < -0.3 is 15.1 Å². The van der Waals surface area contributed by atoms with Crippen LogP contribution in [0.5, 0.6) is 0 Å². The van der Waals surface area contributed by atoms with Gasteiger partial charge >= 0.3 is 0 Å². The van der Waals surface area contributed by atoms with Gasteiger partial charge in [0.2, 0.25) is 5.91 Å². The third kappa shape index (κ3) is 4.47. The summed E-state index contributed by atoms with van der Waals surface area (Å²) in [5, 5.41) is 3.15. The van der Waals surface area contributed by atoms with Gasteiger partial charge in [-0.15, -0.1) is 0 Å². The summed E-state index contributed by atoms with van der Waals surface area (Å²) < 4.78 is 0. The predicted octanol–water partition coefficient (Wildman–Crippen LogP) is 3.35. The Labute approximate surface area is 139 Å². The zero-order chi connectivity index (χ0) is 16.1. The summed E-state index contributed by atoms with van der Waals surface area (Å²) in [5.74, 6) is 0.937. The van der Waals surface area contributed by atoms with Gasteiger partial charge in [0.05, 0.1) is 11.4 Å². The summed E-state index contributed by atoms with van der Waals surface area (Å²) in [6.45, 7) is 4.19. The van der Waals surface area contributed by atoms with Crippen LogP contribution in [-0.2, 0) is 4.79 Å². The third-order valence-corrected chi connectivity index (χ3v) is 5.28. The van der Waals surface area contributed by atoms with Crippen molar-refractivity contribution in [3.8, 4) is 0 Å². The second-order valence-corrected chi connectivity index (χ2v) is 7.04. The third-order valence-electron chi connectivity index (χ3n) is 5.28. The highest BCUT2D eigenvalue weighted by molar-refractivity contribution is 5.94. The molecule has 126 valence electrons. The van der Waals surface area contributed by atoms with Crippen molar-refractivity contribution in [2.75, 3.05) is 43.4 Å². The average Bonchev–Trinajstić information content (AvgIpc) is 3.08. The molecule has 4 nitrogen and oxygen atoms in total. The van der Waals surface area contributed by atoms with E-state index in [0.717, 1.165) is 49.9 Å². The number of piperazine rings is 1. The molecule has 0 atom stereocenters. The maximum atomic E-state index is 12.3. The molecule has 0 bridgehead atoms. The fourth-order valence-electron chi connectivity index (χ4n) is 3.75. The highest BCUT2D eigenvalue weighted by atomic mass is 16.1. The van der Waals surface area contributed by atoms with Crippen LogP contribution in [0.1, 0.15) is 38.5 Å². The molecule has 1 saturated carbocycles. The standard InChI is InChI=1S/C19H29N3O/c1-21-12-14-22(15-13-21)18-9-5-4-8-17(18)20-19(23)11-10-16-6-2-3-7-16/h4-5,8-9,16H,2-3,6-7,10-15H2,1H3,(H,20,23). The number of carbonyl (C=O) groups excluding carboxylic acids is 1. The highest BCUT2D eigenvalue weighted by Gasteiger charge is 2.19. The van der Waals surface area contributed by atoms with Crippen LogP contribution >= 0.6 is 0 Å². The first-order valence-corrected chi connectivity index (χ1v) is 9.05. The largest absolute Gasteiger partial charge is 0.367 e. The van der Waals surface area contributed by atoms with Crippen LogP contribution in [0.25, 0.3) is 0 Å². The van der Waals surface area contributed by atoms with Gasteiger partial charge in [0.1, 0.15) is 0 Å². The van der Waals surface area contributed by atoms with Crippen LogP contribution in [0.3, 0.4) is 0 Å². The second kappa shape index (κ2) is 7.82. The Morgan fingerprint density at radius 1 is 1.13 bits per heavy atom. The van der Waals surface area contributed by atoms with Gasteiger partial charge in [-0.1, -0.05) is 37.8 Å². The van der Waals surface area contributed by atoms with E-state index in [0.29, 0.717) is 6.42 Å². The van der Waals surface area contributed by atoms with E-state index in [9.17, 15) is 4.79 Å². The van der Waals surface area contributed by atoms with Crippen molar-refractivity contribution >= 4 is 17.3 Å². The Morgan fingerprint density at radius 2 is 1.83 bits per heavy atom. The number of nitrogens with one attached hydrogen (secondary N) is 1. The fraction of sp³-hybridized carbons (Fsp3) is 0.632. The van der Waals surface area contributed by atoms with Crippen molar-refractivity contribution in [3.05, 3.63) is 24.3 Å². The molecular weight excluding hydrogens is 286 g/mol. The zero-order valence-electron chi connectivity index (χ0n) is 14.3. The van der Waals surface area contributed by atoms with E-state index in [4.69, 9.17) is 0 Å². The molecular formula is C19H29N3O. The van der Waals surface area contributed by atoms with E-state index in [1.807, 2.05) is 12.1 Å². The SMILES string of the molecule is CN1CCN(c2ccccc2NC(=O)CCC2CCCC2)CC1. The second-order valence-electron chi connectivity index (χ2n) is 7.04. The molecule has 1 amide bonds. The first kappa shape index (κ1) is 16.3. The molecule has 1 N–H and O–H groups in total. The van der Waals surface area contributed by atoms with Crippen LogP contribution in [-0.4, -0.2) is 44.0 Å². The van der Waals surface area contributed by atoms with E-state index in [1.165, 1.54) is 25.7 Å². The number of likely N-dealkylation sites (N-methyl/N-ethyl adjacent to an activating group) is 1. The molecule has 1 aromatic carbocycles. The highest BCUT2D eigenvalue weighted by Crippen LogP contribution is 2.30. The number of para-hydroxylation sites is 2. The lowest BCUT2D eigenvalue weighted by Gasteiger charge is -2.35. The fourth-order valence-corrected chi connectivity index (χ4v) is 3.75. The number of hydrogen-bond acceptors (Lipinski definition) is 3. The molecule has 1 aliphatic heterocycles. The lowest BCUT2D eigenvalue weighted by Crippen LogP contribution is -2.44. The van der Waals surface area contributed by atoms with Crippen LogP contribution in [0.15, 0.2) is 24.3 Å². The molecule has 1 heterocycles. The molecule has 1 saturated heterocycles. The van der Waals surface area contributed by atoms with Crippen molar-refractivity contribution in [1.82, 2.24) is 4.90 Å². The molecule has 0 aromatic heterocycles. The summed E-state index contributed by atoms with van der Waals surface area (Å²) in [4.78, 5) is 17.0. The van der Waals surface area contributed by atoms with Gasteiger partial charge in [0.25, 0.3) is 0 Å². The minimum Gasteiger partial charge on any atom is -0.367 e. The Kier molecular flexibility index (Phi) is 5.55. The van der Waals surface area contributed by atoms with E-state index in [2.05, 4.69) is 34.3 Å². The summed E-state index contributed by atoms with van der Waals surface area (Å²) >= 11 is 0. The Hall–Kier alpha value is -1.55. The molecule has 4 heteroatoms. The lowest BCUT2D eigenvalue weighted by atomic mass is 10.0. The van der Waals surface area contributed by atoms with Crippen molar-refractivity contribution in [1.29, 1.82) is 0 Å². The zero-order valence-corrected chi connectivity index (χ0v) is 14.3. The van der Waals surface area contributed by atoms with E-state index in [-0.39, 0.29) is 5.91 Å². The molecule has 0 unspecified atom stereocenters. The molecule has 3 rings (SSSR count). The monoisotopic (exact) mass is 315 g/mol. The maximum absolute atomic E-state index is 12.3. The van der Waals surface area contributed by atoms with Crippen LogP contribution in [0, 0.1) is 5.92 Å². The lowest BCUT2D eigenvalue weighted by molar-refractivity contribution is -0.116. The summed E-state index contributed by atoms with van der Waals surface area (Å²) in [5.41, 5.74) is 2.13. The van der Waals surface area contributed by atoms with Gasteiger partial charge in [0, 0.05) is 32.6 Å². The van der Waals surface area contributed by atoms with E-state index < -0.39 is 0 Å². The molecule has 1 aromatic rings. The molecule has 23 heavy (non-hydrogen) atoms. The minimum atomic E-state index is 0.165. The smallest absolute Gasteiger partial charge is 0.224 e. The number of rotatable bonds is 5. The molecule has 2 fully saturated rings. The number of amides is 1. The molecule has 0 spiro atoms. The average molecular weight is 315 g/mol. The molecule has 2 aliphatic rings. The first-order chi connectivity index (χ1) is 11.2. The minimum absolute atomic E-state index is 0.165. The number of hydrogen-bond donors (Lipinski definition) is 1. The molecule has 1 aliphatic carbocycles. The predicted molar refractivity (Wildman–Crippen MR) is 96.0 cm³/mol. The topological polar surface area (TPSA) is 35.6 Å². The summed E-state index contributed by atoms with van der Waals surface area (Å²) in [6.07, 6.45) is 7.01. The van der Waals surface area contributed by atoms with Crippen molar-refractivity contribution in [2.24, 2.45) is 5.92 Å². The number of anilines is 2. The van der Waals surface area contributed by atoms with Crippen LogP contribution in [0.2, 0.25) is 0 Å². The summed E-state index contributed by atoms with van der Waals surface area (Å²) in [6, 6.07) is 8.22. The van der Waals surface area contributed by atoms with Crippen molar-refractivity contribution in [3.63, 3.8) is 0 Å². The van der Waals surface area contributed by atoms with Gasteiger partial charge in [-0.3, -0.25) is 4.79 Å². The van der Waals surface area contributed by atoms with E-state index in [1.54, 1.807) is 0 Å². The van der Waals surface area contributed by atoms with Gasteiger partial charge in [-0.2, -0.15) is 0 Å². The van der Waals surface area contributed by atoms with Crippen molar-refractivity contribution < 1.29 is 4.79 Å². The number of carbonyl (C=O) groups is 1. The van der Waals surface area contributed by atoms with Gasteiger partial charge in [-0.25, -0.2) is 0 Å². The first-order valence-electron chi connectivity index (χ1n) is 9.05. The Balaban J connectivity index is 1.57. The van der Waals surface area contributed by atoms with Gasteiger partial charge in [-0.05, 0) is 31.5 Å². The molecule has 0 radical (unpaired) electrons. The Bertz CT molecular complexity index is 517. The van der Waals surface area contributed by atoms with Crippen molar-refractivity contribution in [2.45, 2.75) is 38.5 Å². The van der Waals surface area contributed by atoms with E-state index >= 15 is 0 Å². The van der Waals surface area contributed by atoms with Crippen LogP contribution in [0.4, 0.5) is 11.4 Å².